The van der Waals surface area contributed by atoms with E-state index in [-0.39, 0.29) is 25.7 Å². The minimum Gasteiger partial charge on any atom is -0.462 e. The van der Waals surface area contributed by atoms with Crippen LogP contribution < -0.4 is 0 Å². The summed E-state index contributed by atoms with van der Waals surface area (Å²) in [5, 5.41) is 10.6. The summed E-state index contributed by atoms with van der Waals surface area (Å²) < 4.78 is 68.4. The van der Waals surface area contributed by atoms with Crippen molar-refractivity contribution in [3.63, 3.8) is 0 Å². The lowest BCUT2D eigenvalue weighted by molar-refractivity contribution is -0.161. The van der Waals surface area contributed by atoms with Crippen molar-refractivity contribution in [2.45, 2.75) is 316 Å². The van der Waals surface area contributed by atoms with Crippen LogP contribution in [0, 0.1) is 0 Å². The molecular weight excluding hydrogens is 1310 g/mol. The predicted molar refractivity (Wildman–Crippen MR) is 408 cm³/mol. The van der Waals surface area contributed by atoms with Crippen molar-refractivity contribution in [1.29, 1.82) is 0 Å². The fourth-order valence-electron chi connectivity index (χ4n) is 9.75. The summed E-state index contributed by atoms with van der Waals surface area (Å²) in [7, 11) is -9.98. The number of carbonyl (C=O) groups is 4. The van der Waals surface area contributed by atoms with Crippen LogP contribution in [0.25, 0.3) is 0 Å². The third kappa shape index (κ3) is 71.6. The Morgan fingerprint density at radius 3 is 0.820 bits per heavy atom. The van der Waals surface area contributed by atoms with Crippen molar-refractivity contribution in [3.05, 3.63) is 134 Å². The standard InChI is InChI=1S/C81H136O17P2/c1-5-9-13-17-21-25-29-33-37-41-45-49-53-57-61-65-78(83)91-71-76(97-80(85)67-63-59-55-51-47-43-39-35-31-27-23-19-15-11-7-3)73-95-99(87,88)93-69-75(82)70-94-100(89,90)96-74-77(98-81(86)68-64-60-56-52-48-44-40-36-32-28-24-20-16-12-8-4)72-92-79(84)66-62-58-54-50-46-42-38-34-30-26-22-18-14-10-6-2/h9-10,13-14,21-28,33-40,45,49,75-77,82H,5-8,11-12,15-20,29-32,41-44,46-48,50-74H2,1-4H3,(H,87,88)(H,89,90)/b13-9-,14-10-,25-21-,26-22-,27-23-,28-24-,37-33-,38-34-,39-35-,40-36-,49-45-. The second kappa shape index (κ2) is 72.5. The van der Waals surface area contributed by atoms with Crippen LogP contribution in [0.5, 0.6) is 0 Å². The molecule has 19 heteroatoms. The molecule has 0 saturated heterocycles. The van der Waals surface area contributed by atoms with Crippen molar-refractivity contribution in [2.75, 3.05) is 39.6 Å². The van der Waals surface area contributed by atoms with Gasteiger partial charge in [0.05, 0.1) is 26.4 Å². The number of carbonyl (C=O) groups excluding carboxylic acids is 4. The van der Waals surface area contributed by atoms with Crippen LogP contribution >= 0.6 is 15.6 Å². The second-order valence-electron chi connectivity index (χ2n) is 25.2. The van der Waals surface area contributed by atoms with Gasteiger partial charge in [0.2, 0.25) is 0 Å². The van der Waals surface area contributed by atoms with Gasteiger partial charge in [-0.05, 0) is 161 Å². The van der Waals surface area contributed by atoms with E-state index >= 15 is 0 Å². The molecule has 0 aromatic rings. The summed E-state index contributed by atoms with van der Waals surface area (Å²) in [5.74, 6) is -2.27. The van der Waals surface area contributed by atoms with Gasteiger partial charge < -0.3 is 33.8 Å². The van der Waals surface area contributed by atoms with Crippen LogP contribution in [0.3, 0.4) is 0 Å². The maximum Gasteiger partial charge on any atom is 0.472 e. The number of phosphoric acid groups is 2. The topological polar surface area (TPSA) is 237 Å². The number of aliphatic hydroxyl groups is 1. The van der Waals surface area contributed by atoms with Crippen molar-refractivity contribution >= 4 is 39.5 Å². The van der Waals surface area contributed by atoms with E-state index in [0.717, 1.165) is 180 Å². The van der Waals surface area contributed by atoms with Gasteiger partial charge in [0, 0.05) is 25.7 Å². The van der Waals surface area contributed by atoms with Gasteiger partial charge in [-0.3, -0.25) is 37.3 Å². The molecule has 0 aliphatic rings. The first-order valence-electron chi connectivity index (χ1n) is 38.4. The highest BCUT2D eigenvalue weighted by molar-refractivity contribution is 7.47. The van der Waals surface area contributed by atoms with Crippen LogP contribution in [0.1, 0.15) is 297 Å². The number of ether oxygens (including phenoxy) is 4. The largest absolute Gasteiger partial charge is 0.472 e. The fraction of sp³-hybridized carbons (Fsp3) is 0.679. The molecule has 5 atom stereocenters. The maximum absolute atomic E-state index is 13.1. The van der Waals surface area contributed by atoms with Crippen LogP contribution in [-0.2, 0) is 65.4 Å². The monoisotopic (exact) mass is 1440 g/mol. The summed E-state index contributed by atoms with van der Waals surface area (Å²) in [6.45, 7) is 4.49. The Kier molecular flexibility index (Phi) is 69.1. The molecule has 0 aliphatic carbocycles. The number of allylic oxidation sites excluding steroid dienone is 22. The number of esters is 4. The van der Waals surface area contributed by atoms with E-state index in [0.29, 0.717) is 25.7 Å². The van der Waals surface area contributed by atoms with E-state index in [2.05, 4.69) is 161 Å². The number of rotatable bonds is 71. The summed E-state index contributed by atoms with van der Waals surface area (Å²) in [6, 6.07) is 0. The highest BCUT2D eigenvalue weighted by Gasteiger charge is 2.30. The quantitative estimate of drug-likeness (QED) is 0.0169. The Hall–Kier alpha value is -4.80. The molecule has 0 aromatic heterocycles. The van der Waals surface area contributed by atoms with Crippen molar-refractivity contribution < 1.29 is 80.2 Å². The molecule has 100 heavy (non-hydrogen) atoms. The van der Waals surface area contributed by atoms with Crippen LogP contribution in [0.4, 0.5) is 0 Å². The third-order valence-electron chi connectivity index (χ3n) is 15.6. The predicted octanol–water partition coefficient (Wildman–Crippen LogP) is 22.1. The minimum atomic E-state index is -4.99. The smallest absolute Gasteiger partial charge is 0.462 e. The average molecular weight is 1440 g/mol. The molecule has 3 N–H and O–H groups in total. The lowest BCUT2D eigenvalue weighted by atomic mass is 10.1. The number of aliphatic hydroxyl groups excluding tert-OH is 1. The highest BCUT2D eigenvalue weighted by atomic mass is 31.2. The Bertz CT molecular complexity index is 2420. The fourth-order valence-corrected chi connectivity index (χ4v) is 11.3. The van der Waals surface area contributed by atoms with E-state index in [9.17, 15) is 43.2 Å². The molecule has 0 aromatic carbocycles. The summed E-state index contributed by atoms with van der Waals surface area (Å²) in [6.07, 6.45) is 80.1. The molecule has 572 valence electrons. The Balaban J connectivity index is 5.43. The number of hydrogen-bond donors (Lipinski definition) is 3. The maximum atomic E-state index is 13.1. The molecule has 0 saturated carbocycles. The van der Waals surface area contributed by atoms with E-state index < -0.39 is 97.5 Å². The van der Waals surface area contributed by atoms with Crippen molar-refractivity contribution in [3.8, 4) is 0 Å². The highest BCUT2D eigenvalue weighted by Crippen LogP contribution is 2.45. The molecule has 0 radical (unpaired) electrons. The van der Waals surface area contributed by atoms with E-state index in [4.69, 9.17) is 37.0 Å². The Labute approximate surface area is 605 Å². The molecule has 17 nitrogen and oxygen atoms in total. The number of phosphoric ester groups is 2. The van der Waals surface area contributed by atoms with Gasteiger partial charge in [0.15, 0.2) is 12.2 Å². The number of hydrogen-bond acceptors (Lipinski definition) is 15. The molecule has 5 unspecified atom stereocenters. The second-order valence-corrected chi connectivity index (χ2v) is 28.1. The minimum absolute atomic E-state index is 0.0662. The molecule has 0 fully saturated rings. The molecule has 0 bridgehead atoms. The normalized spacial score (nSPS) is 14.7. The molecular formula is C81H136O17P2. The first kappa shape index (κ1) is 95.2. The zero-order chi connectivity index (χ0) is 73.2. The van der Waals surface area contributed by atoms with E-state index in [1.165, 1.54) is 38.5 Å². The molecule has 0 heterocycles. The first-order valence-corrected chi connectivity index (χ1v) is 41.4. The van der Waals surface area contributed by atoms with Gasteiger partial charge in [-0.1, -0.05) is 245 Å². The molecule has 0 amide bonds. The lowest BCUT2D eigenvalue weighted by Gasteiger charge is -2.21. The molecule has 0 rings (SSSR count). The Morgan fingerprint density at radius 2 is 0.520 bits per heavy atom. The van der Waals surface area contributed by atoms with Crippen LogP contribution in [-0.4, -0.2) is 96.7 Å². The van der Waals surface area contributed by atoms with E-state index in [1.54, 1.807) is 0 Å². The van der Waals surface area contributed by atoms with E-state index in [1.807, 2.05) is 0 Å². The third-order valence-corrected chi connectivity index (χ3v) is 17.5. The molecule has 0 aliphatic heterocycles. The summed E-state index contributed by atoms with van der Waals surface area (Å²) in [4.78, 5) is 72.9. The van der Waals surface area contributed by atoms with Gasteiger partial charge >= 0.3 is 39.5 Å². The molecule has 0 spiro atoms. The SMILES string of the molecule is CC/C=C\C/C=C\C/C=C\C/C=C\CCCCC(=O)OCC(COP(=O)(O)OCC(O)COP(=O)(O)OCC(COC(=O)CCCCCCC/C=C\C/C=C\C/C=C\CC)OC(=O)CCCCCCC/C=C\C/C=C\CCCCC)OC(=O)CCCCCCC/C=C\C/C=C\CCCCC. The number of unbranched alkanes of at least 4 members (excludes halogenated alkanes) is 23. The van der Waals surface area contributed by atoms with Crippen LogP contribution in [0.2, 0.25) is 0 Å². The van der Waals surface area contributed by atoms with Gasteiger partial charge in [-0.25, -0.2) is 9.13 Å². The zero-order valence-electron chi connectivity index (χ0n) is 62.3. The lowest BCUT2D eigenvalue weighted by Crippen LogP contribution is -2.30. The van der Waals surface area contributed by atoms with Gasteiger partial charge in [0.25, 0.3) is 0 Å². The Morgan fingerprint density at radius 1 is 0.290 bits per heavy atom. The van der Waals surface area contributed by atoms with Gasteiger partial charge in [-0.2, -0.15) is 0 Å². The first-order chi connectivity index (χ1) is 48.7. The average Bonchev–Trinajstić information content (AvgIpc) is 1.01. The van der Waals surface area contributed by atoms with Crippen molar-refractivity contribution in [1.82, 2.24) is 0 Å². The van der Waals surface area contributed by atoms with Gasteiger partial charge in [0.1, 0.15) is 19.3 Å². The van der Waals surface area contributed by atoms with Crippen molar-refractivity contribution in [2.24, 2.45) is 0 Å². The zero-order valence-corrected chi connectivity index (χ0v) is 64.1. The van der Waals surface area contributed by atoms with Gasteiger partial charge in [-0.15, -0.1) is 0 Å². The van der Waals surface area contributed by atoms with Crippen LogP contribution in [0.15, 0.2) is 134 Å². The summed E-state index contributed by atoms with van der Waals surface area (Å²) >= 11 is 0. The summed E-state index contributed by atoms with van der Waals surface area (Å²) in [5.41, 5.74) is 0.